The molecule has 0 unspecified atom stereocenters. The molecule has 0 aliphatic carbocycles. The number of aryl methyl sites for hydroxylation is 1. The number of carbonyl (C=O) groups is 1. The fraction of sp³-hybridized carbons (Fsp3) is 0.333. The highest BCUT2D eigenvalue weighted by Gasteiger charge is 2.36. The normalized spacial score (nSPS) is 11.4. The second-order valence-corrected chi connectivity index (χ2v) is 2.76. The molecule has 4 nitrogen and oxygen atoms in total. The Morgan fingerprint density at radius 1 is 1.77 bits per heavy atom. The van der Waals surface area contributed by atoms with Crippen molar-refractivity contribution in [2.24, 2.45) is 0 Å². The van der Waals surface area contributed by atoms with Crippen LogP contribution in [0.25, 0.3) is 0 Å². The molecule has 0 saturated carbocycles. The third kappa shape index (κ3) is 2.66. The predicted molar refractivity (Wildman–Crippen MR) is 40.7 cm³/mol. The number of nitrogens with one attached hydrogen (secondary N) is 1. The number of rotatable bonds is 2. The maximum atomic E-state index is 12.1. The van der Waals surface area contributed by atoms with Gasteiger partial charge >= 0.3 is 11.3 Å². The van der Waals surface area contributed by atoms with Crippen LogP contribution in [0, 0.1) is 6.92 Å². The molecular formula is C6H5ClF2N2O2. The van der Waals surface area contributed by atoms with E-state index in [0.717, 1.165) is 0 Å². The van der Waals surface area contributed by atoms with E-state index < -0.39 is 11.3 Å². The zero-order valence-corrected chi connectivity index (χ0v) is 7.23. The van der Waals surface area contributed by atoms with Gasteiger partial charge in [0.2, 0.25) is 5.88 Å². The van der Waals surface area contributed by atoms with Crippen molar-refractivity contribution in [3.8, 4) is 0 Å². The topological polar surface area (TPSA) is 55.1 Å². The van der Waals surface area contributed by atoms with Crippen LogP contribution in [-0.2, 0) is 4.79 Å². The van der Waals surface area contributed by atoms with Crippen LogP contribution in [0.3, 0.4) is 0 Å². The first-order valence-electron chi connectivity index (χ1n) is 3.21. The van der Waals surface area contributed by atoms with Gasteiger partial charge in [-0.15, -0.1) is 0 Å². The minimum Gasteiger partial charge on any atom is -0.338 e. The second kappa shape index (κ2) is 3.29. The molecule has 72 valence electrons. The number of halogens is 3. The van der Waals surface area contributed by atoms with Gasteiger partial charge in [0, 0.05) is 6.07 Å². The zero-order chi connectivity index (χ0) is 10.1. The van der Waals surface area contributed by atoms with Crippen molar-refractivity contribution in [2.75, 3.05) is 5.32 Å². The van der Waals surface area contributed by atoms with Gasteiger partial charge in [-0.3, -0.25) is 10.1 Å². The second-order valence-electron chi connectivity index (χ2n) is 2.28. The maximum absolute atomic E-state index is 12.1. The highest BCUT2D eigenvalue weighted by molar-refractivity contribution is 6.33. The Balaban J connectivity index is 2.65. The molecule has 1 N–H and O–H groups in total. The van der Waals surface area contributed by atoms with E-state index >= 15 is 0 Å². The van der Waals surface area contributed by atoms with Crippen molar-refractivity contribution in [3.63, 3.8) is 0 Å². The van der Waals surface area contributed by atoms with Gasteiger partial charge in [-0.25, -0.2) is 0 Å². The van der Waals surface area contributed by atoms with Crippen LogP contribution in [0.4, 0.5) is 14.7 Å². The summed E-state index contributed by atoms with van der Waals surface area (Å²) in [5, 5.41) is 1.18. The van der Waals surface area contributed by atoms with Crippen LogP contribution in [0.15, 0.2) is 10.6 Å². The maximum Gasteiger partial charge on any atom is 0.400 e. The van der Waals surface area contributed by atoms with E-state index in [1.165, 1.54) is 6.07 Å². The van der Waals surface area contributed by atoms with E-state index in [1.54, 1.807) is 12.2 Å². The Morgan fingerprint density at radius 3 is 2.77 bits per heavy atom. The van der Waals surface area contributed by atoms with Crippen molar-refractivity contribution in [2.45, 2.75) is 12.3 Å². The van der Waals surface area contributed by atoms with E-state index in [4.69, 9.17) is 0 Å². The van der Waals surface area contributed by atoms with Crippen molar-refractivity contribution >= 4 is 23.4 Å². The molecule has 0 bridgehead atoms. The monoisotopic (exact) mass is 210 g/mol. The Morgan fingerprint density at radius 2 is 2.38 bits per heavy atom. The van der Waals surface area contributed by atoms with Gasteiger partial charge in [-0.2, -0.15) is 8.78 Å². The van der Waals surface area contributed by atoms with E-state index in [-0.39, 0.29) is 5.88 Å². The van der Waals surface area contributed by atoms with Crippen molar-refractivity contribution in [1.82, 2.24) is 5.16 Å². The van der Waals surface area contributed by atoms with Crippen molar-refractivity contribution in [1.29, 1.82) is 0 Å². The average Bonchev–Trinajstić information content (AvgIpc) is 2.33. The molecule has 0 aliphatic heterocycles. The lowest BCUT2D eigenvalue weighted by Gasteiger charge is -2.04. The third-order valence-corrected chi connectivity index (χ3v) is 1.29. The summed E-state index contributed by atoms with van der Waals surface area (Å²) < 4.78 is 28.7. The number of nitrogens with zero attached hydrogens (tertiary/aromatic N) is 1. The summed E-state index contributed by atoms with van der Waals surface area (Å²) >= 11 is 4.43. The van der Waals surface area contributed by atoms with Gasteiger partial charge in [0.05, 0.1) is 5.69 Å². The molecule has 1 aromatic rings. The quantitative estimate of drug-likeness (QED) is 0.757. The number of aromatic nitrogens is 1. The van der Waals surface area contributed by atoms with E-state index in [1.807, 2.05) is 0 Å². The molecule has 0 radical (unpaired) electrons. The number of hydrogen-bond acceptors (Lipinski definition) is 3. The summed E-state index contributed by atoms with van der Waals surface area (Å²) in [5.74, 6) is -1.81. The van der Waals surface area contributed by atoms with E-state index in [0.29, 0.717) is 5.69 Å². The Labute approximate surface area is 76.8 Å². The van der Waals surface area contributed by atoms with Gasteiger partial charge in [-0.1, -0.05) is 5.16 Å². The highest BCUT2D eigenvalue weighted by atomic mass is 35.5. The fourth-order valence-corrected chi connectivity index (χ4v) is 0.653. The summed E-state index contributed by atoms with van der Waals surface area (Å²) in [5.41, 5.74) is 0.466. The molecule has 7 heteroatoms. The molecule has 0 atom stereocenters. The zero-order valence-electron chi connectivity index (χ0n) is 6.47. The summed E-state index contributed by atoms with van der Waals surface area (Å²) in [6.07, 6.45) is 0. The summed E-state index contributed by atoms with van der Waals surface area (Å²) in [7, 11) is 0. The Hall–Kier alpha value is -1.17. The molecule has 13 heavy (non-hydrogen) atoms. The molecule has 1 heterocycles. The molecule has 1 rings (SSSR count). The van der Waals surface area contributed by atoms with Crippen LogP contribution in [0.5, 0.6) is 0 Å². The highest BCUT2D eigenvalue weighted by Crippen LogP contribution is 2.21. The van der Waals surface area contributed by atoms with E-state index in [2.05, 4.69) is 21.3 Å². The van der Waals surface area contributed by atoms with Crippen LogP contribution in [0.2, 0.25) is 0 Å². The Bertz CT molecular complexity index is 321. The first-order valence-corrected chi connectivity index (χ1v) is 3.59. The standard InChI is InChI=1S/C6H5ClF2N2O2/c1-3-2-4(13-11-3)10-5(12)6(7,8)9/h2H,1H3,(H,10,12). The molecule has 0 aromatic carbocycles. The summed E-state index contributed by atoms with van der Waals surface area (Å²) in [6, 6.07) is 1.29. The van der Waals surface area contributed by atoms with Gasteiger partial charge in [0.1, 0.15) is 0 Å². The lowest BCUT2D eigenvalue weighted by Crippen LogP contribution is -2.28. The number of hydrogen-bond donors (Lipinski definition) is 1. The summed E-state index contributed by atoms with van der Waals surface area (Å²) in [6.45, 7) is 1.58. The third-order valence-electron chi connectivity index (χ3n) is 1.12. The SMILES string of the molecule is Cc1cc(NC(=O)C(F)(F)Cl)on1. The molecule has 0 fully saturated rings. The van der Waals surface area contributed by atoms with Gasteiger partial charge in [0.25, 0.3) is 0 Å². The number of alkyl halides is 3. The van der Waals surface area contributed by atoms with E-state index in [9.17, 15) is 13.6 Å². The van der Waals surface area contributed by atoms with Gasteiger partial charge in [-0.05, 0) is 18.5 Å². The van der Waals surface area contributed by atoms with Crippen molar-refractivity contribution < 1.29 is 18.1 Å². The van der Waals surface area contributed by atoms with Gasteiger partial charge < -0.3 is 4.52 Å². The molecular weight excluding hydrogens is 206 g/mol. The lowest BCUT2D eigenvalue weighted by atomic mass is 10.5. The molecule has 1 amide bonds. The predicted octanol–water partition coefficient (Wildman–Crippen LogP) is 1.75. The smallest absolute Gasteiger partial charge is 0.338 e. The molecule has 0 saturated heterocycles. The van der Waals surface area contributed by atoms with Crippen molar-refractivity contribution in [3.05, 3.63) is 11.8 Å². The summed E-state index contributed by atoms with van der Waals surface area (Å²) in [4.78, 5) is 10.6. The lowest BCUT2D eigenvalue weighted by molar-refractivity contribution is -0.130. The van der Waals surface area contributed by atoms with Gasteiger partial charge in [0.15, 0.2) is 0 Å². The number of carbonyl (C=O) groups excluding carboxylic acids is 1. The molecule has 1 aromatic heterocycles. The number of anilines is 1. The van der Waals surface area contributed by atoms with Crippen LogP contribution >= 0.6 is 11.6 Å². The van der Waals surface area contributed by atoms with Crippen LogP contribution in [-0.4, -0.2) is 16.4 Å². The van der Waals surface area contributed by atoms with Crippen LogP contribution in [0.1, 0.15) is 5.69 Å². The first-order chi connectivity index (χ1) is 5.89. The largest absolute Gasteiger partial charge is 0.400 e. The number of amides is 1. The minimum atomic E-state index is -3.94. The average molecular weight is 211 g/mol. The Kier molecular flexibility index (Phi) is 2.51. The molecule has 0 aliphatic rings. The fourth-order valence-electron chi connectivity index (χ4n) is 0.605. The first kappa shape index (κ1) is 9.91. The van der Waals surface area contributed by atoms with Crippen LogP contribution < -0.4 is 5.32 Å². The molecule has 0 spiro atoms. The minimum absolute atomic E-state index is 0.164.